The number of hydrogen-bond acceptors (Lipinski definition) is 2. The number of amides is 2. The van der Waals surface area contributed by atoms with Gasteiger partial charge in [0.1, 0.15) is 0 Å². The van der Waals surface area contributed by atoms with Crippen molar-refractivity contribution < 1.29 is 9.59 Å². The molecule has 0 fully saturated rings. The van der Waals surface area contributed by atoms with Crippen molar-refractivity contribution in [3.8, 4) is 0 Å². The number of anilines is 1. The van der Waals surface area contributed by atoms with E-state index in [9.17, 15) is 9.59 Å². The van der Waals surface area contributed by atoms with Gasteiger partial charge in [0.2, 0.25) is 5.91 Å². The molecule has 0 unspecified atom stereocenters. The Bertz CT molecular complexity index is 939. The van der Waals surface area contributed by atoms with Crippen molar-refractivity contribution in [3.05, 3.63) is 102 Å². The van der Waals surface area contributed by atoms with Crippen LogP contribution in [0.15, 0.2) is 84.9 Å². The Balaban J connectivity index is 1.59. The number of carbonyl (C=O) groups excluding carboxylic acids is 2. The maximum Gasteiger partial charge on any atom is 0.256 e. The highest BCUT2D eigenvalue weighted by atomic mass is 16.2. The maximum absolute atomic E-state index is 12.9. The van der Waals surface area contributed by atoms with Gasteiger partial charge in [0.25, 0.3) is 5.91 Å². The minimum absolute atomic E-state index is 0.0770. The normalized spacial score (nSPS) is 10.4. The summed E-state index contributed by atoms with van der Waals surface area (Å²) in [5.41, 5.74) is 3.34. The van der Waals surface area contributed by atoms with E-state index in [-0.39, 0.29) is 11.8 Å². The average Bonchev–Trinajstić information content (AvgIpc) is 2.75. The van der Waals surface area contributed by atoms with Gasteiger partial charge in [-0.25, -0.2) is 0 Å². The molecule has 0 heterocycles. The molecule has 0 aliphatic rings. The lowest BCUT2D eigenvalue weighted by atomic mass is 10.1. The summed E-state index contributed by atoms with van der Waals surface area (Å²) in [6.45, 7) is 0.513. The van der Waals surface area contributed by atoms with Gasteiger partial charge < -0.3 is 10.2 Å². The molecule has 3 aromatic carbocycles. The first-order chi connectivity index (χ1) is 14.1. The molecule has 0 spiro atoms. The fourth-order valence-corrected chi connectivity index (χ4v) is 3.22. The molecule has 2 amide bonds. The average molecular weight is 386 g/mol. The SMILES string of the molecule is CN(Cc1ccccc1)C(=O)c1ccccc1NC(=O)CCCc1ccccc1. The van der Waals surface area contributed by atoms with E-state index in [1.54, 1.807) is 24.1 Å². The van der Waals surface area contributed by atoms with Crippen LogP contribution in [-0.4, -0.2) is 23.8 Å². The van der Waals surface area contributed by atoms with Gasteiger partial charge in [0.05, 0.1) is 11.3 Å². The van der Waals surface area contributed by atoms with E-state index in [1.165, 1.54) is 5.56 Å². The first-order valence-electron chi connectivity index (χ1n) is 9.85. The van der Waals surface area contributed by atoms with Gasteiger partial charge in [0, 0.05) is 20.0 Å². The molecule has 0 aliphatic heterocycles. The summed E-state index contributed by atoms with van der Waals surface area (Å²) in [5, 5.41) is 2.91. The van der Waals surface area contributed by atoms with Crippen molar-refractivity contribution in [2.45, 2.75) is 25.8 Å². The standard InChI is InChI=1S/C25H26N2O2/c1-27(19-21-13-6-3-7-14-21)25(29)22-16-8-9-17-23(22)26-24(28)18-10-15-20-11-4-2-5-12-20/h2-9,11-14,16-17H,10,15,18-19H2,1H3,(H,26,28). The van der Waals surface area contributed by atoms with Crippen LogP contribution in [0, 0.1) is 0 Å². The van der Waals surface area contributed by atoms with E-state index in [0.29, 0.717) is 24.2 Å². The van der Waals surface area contributed by atoms with Crippen LogP contribution in [-0.2, 0) is 17.8 Å². The largest absolute Gasteiger partial charge is 0.337 e. The van der Waals surface area contributed by atoms with E-state index in [0.717, 1.165) is 18.4 Å². The summed E-state index contributed by atoms with van der Waals surface area (Å²) in [4.78, 5) is 27.0. The second-order valence-electron chi connectivity index (χ2n) is 7.08. The lowest BCUT2D eigenvalue weighted by Crippen LogP contribution is -2.27. The van der Waals surface area contributed by atoms with Crippen molar-refractivity contribution in [3.63, 3.8) is 0 Å². The summed E-state index contributed by atoms with van der Waals surface area (Å²) >= 11 is 0. The molecule has 4 heteroatoms. The first-order valence-corrected chi connectivity index (χ1v) is 9.85. The summed E-state index contributed by atoms with van der Waals surface area (Å²) in [6, 6.07) is 27.1. The Hall–Kier alpha value is -3.40. The monoisotopic (exact) mass is 386 g/mol. The van der Waals surface area contributed by atoms with Crippen molar-refractivity contribution in [1.82, 2.24) is 4.90 Å². The predicted octanol–water partition coefficient (Wildman–Crippen LogP) is 4.92. The predicted molar refractivity (Wildman–Crippen MR) is 117 cm³/mol. The van der Waals surface area contributed by atoms with Gasteiger partial charge >= 0.3 is 0 Å². The third-order valence-electron chi connectivity index (χ3n) is 4.75. The highest BCUT2D eigenvalue weighted by Gasteiger charge is 2.17. The highest BCUT2D eigenvalue weighted by molar-refractivity contribution is 6.03. The number of hydrogen-bond donors (Lipinski definition) is 1. The van der Waals surface area contributed by atoms with Gasteiger partial charge in [0.15, 0.2) is 0 Å². The summed E-state index contributed by atoms with van der Waals surface area (Å²) in [7, 11) is 1.77. The van der Waals surface area contributed by atoms with Crippen LogP contribution in [0.5, 0.6) is 0 Å². The topological polar surface area (TPSA) is 49.4 Å². The molecule has 0 aromatic heterocycles. The highest BCUT2D eigenvalue weighted by Crippen LogP contribution is 2.19. The zero-order valence-electron chi connectivity index (χ0n) is 16.7. The molecule has 0 bridgehead atoms. The second-order valence-corrected chi connectivity index (χ2v) is 7.08. The quantitative estimate of drug-likeness (QED) is 0.597. The summed E-state index contributed by atoms with van der Waals surface area (Å²) < 4.78 is 0. The Labute approximate surface area is 172 Å². The number of carbonyl (C=O) groups is 2. The van der Waals surface area contributed by atoms with Crippen molar-refractivity contribution in [1.29, 1.82) is 0 Å². The van der Waals surface area contributed by atoms with E-state index in [2.05, 4.69) is 17.4 Å². The minimum Gasteiger partial charge on any atom is -0.337 e. The van der Waals surface area contributed by atoms with Gasteiger partial charge in [-0.1, -0.05) is 72.8 Å². The Morgan fingerprint density at radius 1 is 0.793 bits per heavy atom. The molecule has 0 radical (unpaired) electrons. The van der Waals surface area contributed by atoms with E-state index in [1.807, 2.05) is 60.7 Å². The zero-order valence-corrected chi connectivity index (χ0v) is 16.7. The minimum atomic E-state index is -0.117. The van der Waals surface area contributed by atoms with Gasteiger partial charge in [-0.15, -0.1) is 0 Å². The van der Waals surface area contributed by atoms with Crippen molar-refractivity contribution in [2.24, 2.45) is 0 Å². The van der Waals surface area contributed by atoms with Crippen LogP contribution < -0.4 is 5.32 Å². The Morgan fingerprint density at radius 2 is 1.38 bits per heavy atom. The van der Waals surface area contributed by atoms with Gasteiger partial charge in [-0.3, -0.25) is 9.59 Å². The number of nitrogens with one attached hydrogen (secondary N) is 1. The fourth-order valence-electron chi connectivity index (χ4n) is 3.22. The van der Waals surface area contributed by atoms with Crippen LogP contribution in [0.25, 0.3) is 0 Å². The number of benzene rings is 3. The van der Waals surface area contributed by atoms with Crippen LogP contribution >= 0.6 is 0 Å². The zero-order chi connectivity index (χ0) is 20.5. The molecule has 3 rings (SSSR count). The number of rotatable bonds is 8. The van der Waals surface area contributed by atoms with E-state index in [4.69, 9.17) is 0 Å². The molecular weight excluding hydrogens is 360 g/mol. The van der Waals surface area contributed by atoms with Crippen molar-refractivity contribution >= 4 is 17.5 Å². The molecule has 3 aromatic rings. The second kappa shape index (κ2) is 10.2. The third kappa shape index (κ3) is 6.04. The molecule has 0 aliphatic carbocycles. The lowest BCUT2D eigenvalue weighted by Gasteiger charge is -2.19. The number of aryl methyl sites for hydroxylation is 1. The van der Waals surface area contributed by atoms with Crippen LogP contribution in [0.2, 0.25) is 0 Å². The lowest BCUT2D eigenvalue weighted by molar-refractivity contribution is -0.116. The smallest absolute Gasteiger partial charge is 0.256 e. The third-order valence-corrected chi connectivity index (χ3v) is 4.75. The summed E-state index contributed by atoms with van der Waals surface area (Å²) in [5.74, 6) is -0.194. The molecule has 0 saturated carbocycles. The molecule has 0 saturated heterocycles. The Morgan fingerprint density at radius 3 is 2.07 bits per heavy atom. The van der Waals surface area contributed by atoms with Crippen LogP contribution in [0.4, 0.5) is 5.69 Å². The molecular formula is C25H26N2O2. The van der Waals surface area contributed by atoms with Gasteiger partial charge in [-0.05, 0) is 36.1 Å². The molecule has 148 valence electrons. The first kappa shape index (κ1) is 20.3. The molecule has 0 atom stereocenters. The van der Waals surface area contributed by atoms with Crippen LogP contribution in [0.1, 0.15) is 34.3 Å². The summed E-state index contributed by atoms with van der Waals surface area (Å²) in [6.07, 6.45) is 2.03. The molecule has 4 nitrogen and oxygen atoms in total. The molecule has 29 heavy (non-hydrogen) atoms. The molecule has 1 N–H and O–H groups in total. The van der Waals surface area contributed by atoms with E-state index >= 15 is 0 Å². The van der Waals surface area contributed by atoms with E-state index < -0.39 is 0 Å². The Kier molecular flexibility index (Phi) is 7.17. The maximum atomic E-state index is 12.9. The number of nitrogens with zero attached hydrogens (tertiary/aromatic N) is 1. The van der Waals surface area contributed by atoms with Gasteiger partial charge in [-0.2, -0.15) is 0 Å². The van der Waals surface area contributed by atoms with Crippen molar-refractivity contribution in [2.75, 3.05) is 12.4 Å². The fraction of sp³-hybridized carbons (Fsp3) is 0.200. The number of para-hydroxylation sites is 1. The van der Waals surface area contributed by atoms with Crippen LogP contribution in [0.3, 0.4) is 0 Å².